The first-order chi connectivity index (χ1) is 20.6. The molecule has 0 rings (SSSR count). The highest BCUT2D eigenvalue weighted by Crippen LogP contribution is 2.22. The topological polar surface area (TPSA) is 52.6 Å². The molecule has 2 unspecified atom stereocenters. The molecule has 0 saturated heterocycles. The van der Waals surface area contributed by atoms with E-state index in [1.54, 1.807) is 0 Å². The van der Waals surface area contributed by atoms with Gasteiger partial charge >= 0.3 is 11.9 Å². The van der Waals surface area contributed by atoms with Crippen LogP contribution in [-0.4, -0.2) is 25.2 Å². The zero-order valence-corrected chi connectivity index (χ0v) is 29.0. The largest absolute Gasteiger partial charge is 0.465 e. The van der Waals surface area contributed by atoms with Crippen molar-refractivity contribution in [2.75, 3.05) is 13.2 Å². The molecule has 250 valence electrons. The third kappa shape index (κ3) is 26.6. The number of ether oxygens (including phenoxy) is 2. The fourth-order valence-corrected chi connectivity index (χ4v) is 5.88. The molecule has 0 aliphatic rings. The summed E-state index contributed by atoms with van der Waals surface area (Å²) in [5, 5.41) is 0. The molecule has 0 aromatic carbocycles. The number of esters is 2. The van der Waals surface area contributed by atoms with E-state index in [9.17, 15) is 9.59 Å². The number of carbonyl (C=O) groups is 2. The van der Waals surface area contributed by atoms with Crippen molar-refractivity contribution in [1.82, 2.24) is 0 Å². The standard InChI is InChI=1S/C38H74O4/c1-5-9-13-17-19-25-31-35(29-23-15-11-7-3)37(39)41-33-27-21-22-28-34-42-38(40)36(30-24-16-12-8-4)32-26-20-18-14-10-6-2/h35-36H,5-34H2,1-4H3. The average molecular weight is 595 g/mol. The van der Waals surface area contributed by atoms with Gasteiger partial charge in [0.2, 0.25) is 0 Å². The lowest BCUT2D eigenvalue weighted by Crippen LogP contribution is -2.19. The molecule has 0 heterocycles. The Labute approximate surface area is 263 Å². The fraction of sp³-hybridized carbons (Fsp3) is 0.947. The van der Waals surface area contributed by atoms with E-state index in [-0.39, 0.29) is 23.8 Å². The minimum absolute atomic E-state index is 0.0318. The number of carbonyl (C=O) groups excluding carboxylic acids is 2. The van der Waals surface area contributed by atoms with Crippen LogP contribution in [0.5, 0.6) is 0 Å². The number of rotatable bonds is 33. The molecule has 4 heteroatoms. The first-order valence-electron chi connectivity index (χ1n) is 18.9. The molecule has 42 heavy (non-hydrogen) atoms. The van der Waals surface area contributed by atoms with Gasteiger partial charge in [-0.2, -0.15) is 0 Å². The Balaban J connectivity index is 4.20. The Bertz CT molecular complexity index is 525. The summed E-state index contributed by atoms with van der Waals surface area (Å²) >= 11 is 0. The summed E-state index contributed by atoms with van der Waals surface area (Å²) in [6.45, 7) is 10.0. The second-order valence-electron chi connectivity index (χ2n) is 13.0. The fourth-order valence-electron chi connectivity index (χ4n) is 5.88. The SMILES string of the molecule is CCCCCCCCC(CCCCCC)C(=O)OCCCCCCOC(=O)C(CCCCCC)CCCCCCCC. The summed E-state index contributed by atoms with van der Waals surface area (Å²) in [7, 11) is 0. The van der Waals surface area contributed by atoms with Gasteiger partial charge in [-0.15, -0.1) is 0 Å². The second-order valence-corrected chi connectivity index (χ2v) is 13.0. The van der Waals surface area contributed by atoms with Crippen LogP contribution in [0.4, 0.5) is 0 Å². The van der Waals surface area contributed by atoms with Crippen LogP contribution in [-0.2, 0) is 19.1 Å². The molecule has 0 fully saturated rings. The van der Waals surface area contributed by atoms with Gasteiger partial charge in [0.15, 0.2) is 0 Å². The Kier molecular flexibility index (Phi) is 32.0. The van der Waals surface area contributed by atoms with Crippen LogP contribution >= 0.6 is 0 Å². The number of unbranched alkanes of at least 4 members (excludes halogenated alkanes) is 19. The molecule has 0 bridgehead atoms. The van der Waals surface area contributed by atoms with Gasteiger partial charge in [-0.25, -0.2) is 0 Å². The smallest absolute Gasteiger partial charge is 0.308 e. The van der Waals surface area contributed by atoms with Gasteiger partial charge in [-0.1, -0.05) is 156 Å². The molecule has 0 aromatic rings. The first kappa shape index (κ1) is 40.9. The molecular formula is C38H74O4. The maximum atomic E-state index is 12.8. The summed E-state index contributed by atoms with van der Waals surface area (Å²) in [6, 6.07) is 0. The molecule has 0 aliphatic heterocycles. The molecule has 0 aromatic heterocycles. The number of hydrogen-bond acceptors (Lipinski definition) is 4. The molecule has 4 nitrogen and oxygen atoms in total. The lowest BCUT2D eigenvalue weighted by Gasteiger charge is -2.17. The number of hydrogen-bond donors (Lipinski definition) is 0. The molecule has 0 spiro atoms. The van der Waals surface area contributed by atoms with Crippen LogP contribution in [0, 0.1) is 11.8 Å². The highest BCUT2D eigenvalue weighted by molar-refractivity contribution is 5.72. The summed E-state index contributed by atoms with van der Waals surface area (Å²) in [6.07, 6.45) is 32.7. The summed E-state index contributed by atoms with van der Waals surface area (Å²) in [5.41, 5.74) is 0. The zero-order chi connectivity index (χ0) is 30.9. The van der Waals surface area contributed by atoms with Gasteiger partial charge in [-0.3, -0.25) is 9.59 Å². The molecule has 2 atom stereocenters. The average Bonchev–Trinajstić information content (AvgIpc) is 2.99. The van der Waals surface area contributed by atoms with Gasteiger partial charge < -0.3 is 9.47 Å². The molecule has 0 N–H and O–H groups in total. The van der Waals surface area contributed by atoms with Crippen molar-refractivity contribution in [3.05, 3.63) is 0 Å². The molecule has 0 radical (unpaired) electrons. The molecular weight excluding hydrogens is 520 g/mol. The van der Waals surface area contributed by atoms with Crippen LogP contribution in [0.15, 0.2) is 0 Å². The lowest BCUT2D eigenvalue weighted by molar-refractivity contribution is -0.150. The van der Waals surface area contributed by atoms with Crippen molar-refractivity contribution < 1.29 is 19.1 Å². The van der Waals surface area contributed by atoms with Crippen LogP contribution < -0.4 is 0 Å². The Morgan fingerprint density at radius 2 is 0.595 bits per heavy atom. The van der Waals surface area contributed by atoms with Crippen LogP contribution in [0.25, 0.3) is 0 Å². The third-order valence-electron chi connectivity index (χ3n) is 8.82. The van der Waals surface area contributed by atoms with Crippen molar-refractivity contribution in [2.45, 2.75) is 207 Å². The monoisotopic (exact) mass is 595 g/mol. The van der Waals surface area contributed by atoms with Gasteiger partial charge in [0.05, 0.1) is 25.0 Å². The first-order valence-corrected chi connectivity index (χ1v) is 18.9. The van der Waals surface area contributed by atoms with E-state index in [1.807, 2.05) is 0 Å². The quantitative estimate of drug-likeness (QED) is 0.0560. The molecule has 0 saturated carbocycles. The minimum Gasteiger partial charge on any atom is -0.465 e. The maximum absolute atomic E-state index is 12.8. The van der Waals surface area contributed by atoms with E-state index < -0.39 is 0 Å². The van der Waals surface area contributed by atoms with E-state index in [0.717, 1.165) is 77.0 Å². The van der Waals surface area contributed by atoms with E-state index in [1.165, 1.54) is 103 Å². The molecule has 0 amide bonds. The van der Waals surface area contributed by atoms with Gasteiger partial charge in [0, 0.05) is 0 Å². The van der Waals surface area contributed by atoms with Gasteiger partial charge in [0.25, 0.3) is 0 Å². The van der Waals surface area contributed by atoms with Gasteiger partial charge in [-0.05, 0) is 51.4 Å². The zero-order valence-electron chi connectivity index (χ0n) is 29.0. The normalized spacial score (nSPS) is 12.8. The highest BCUT2D eigenvalue weighted by atomic mass is 16.5. The minimum atomic E-state index is 0.0318. The van der Waals surface area contributed by atoms with Crippen LogP contribution in [0.3, 0.4) is 0 Å². The summed E-state index contributed by atoms with van der Waals surface area (Å²) in [5.74, 6) is 0.228. The van der Waals surface area contributed by atoms with Crippen LogP contribution in [0.2, 0.25) is 0 Å². The van der Waals surface area contributed by atoms with E-state index in [0.29, 0.717) is 13.2 Å². The van der Waals surface area contributed by atoms with Gasteiger partial charge in [0.1, 0.15) is 0 Å². The van der Waals surface area contributed by atoms with E-state index in [2.05, 4.69) is 27.7 Å². The highest BCUT2D eigenvalue weighted by Gasteiger charge is 2.20. The van der Waals surface area contributed by atoms with Crippen molar-refractivity contribution in [3.63, 3.8) is 0 Å². The summed E-state index contributed by atoms with van der Waals surface area (Å²) in [4.78, 5) is 25.6. The van der Waals surface area contributed by atoms with E-state index >= 15 is 0 Å². The van der Waals surface area contributed by atoms with Crippen LogP contribution in [0.1, 0.15) is 207 Å². The Morgan fingerprint density at radius 3 is 0.905 bits per heavy atom. The predicted octanol–water partition coefficient (Wildman–Crippen LogP) is 12.3. The Morgan fingerprint density at radius 1 is 0.357 bits per heavy atom. The second kappa shape index (κ2) is 32.8. The predicted molar refractivity (Wildman–Crippen MR) is 181 cm³/mol. The molecule has 0 aliphatic carbocycles. The van der Waals surface area contributed by atoms with E-state index in [4.69, 9.17) is 9.47 Å². The summed E-state index contributed by atoms with van der Waals surface area (Å²) < 4.78 is 11.5. The maximum Gasteiger partial charge on any atom is 0.308 e. The van der Waals surface area contributed by atoms with Crippen molar-refractivity contribution in [3.8, 4) is 0 Å². The third-order valence-corrected chi connectivity index (χ3v) is 8.82. The Hall–Kier alpha value is -1.06. The van der Waals surface area contributed by atoms with Crippen molar-refractivity contribution in [2.24, 2.45) is 11.8 Å². The van der Waals surface area contributed by atoms with Crippen molar-refractivity contribution in [1.29, 1.82) is 0 Å². The van der Waals surface area contributed by atoms with Crippen molar-refractivity contribution >= 4 is 11.9 Å². The lowest BCUT2D eigenvalue weighted by atomic mass is 9.94.